The molecule has 21 heavy (non-hydrogen) atoms. The molecule has 0 radical (unpaired) electrons. The Morgan fingerprint density at radius 2 is 2.29 bits per heavy atom. The van der Waals surface area contributed by atoms with E-state index in [1.54, 1.807) is 4.68 Å². The summed E-state index contributed by atoms with van der Waals surface area (Å²) in [5, 5.41) is 14.2. The summed E-state index contributed by atoms with van der Waals surface area (Å²) in [5.41, 5.74) is 7.33. The third-order valence-electron chi connectivity index (χ3n) is 3.19. The minimum atomic E-state index is -0.483. The minimum Gasteiger partial charge on any atom is -0.325 e. The molecule has 0 saturated carbocycles. The number of nitrogens with two attached hydrogens (primary N) is 1. The number of nitrogens with one attached hydrogen (secondary N) is 1. The van der Waals surface area contributed by atoms with Gasteiger partial charge in [0, 0.05) is 5.69 Å². The van der Waals surface area contributed by atoms with Gasteiger partial charge in [-0.2, -0.15) is 4.68 Å². The lowest BCUT2D eigenvalue weighted by Gasteiger charge is -2.12. The number of nitrogens with zero attached hydrogens (tertiary/aromatic N) is 4. The van der Waals surface area contributed by atoms with Crippen molar-refractivity contribution in [3.63, 3.8) is 0 Å². The summed E-state index contributed by atoms with van der Waals surface area (Å²) in [6.45, 7) is 3.88. The van der Waals surface area contributed by atoms with Crippen LogP contribution in [-0.4, -0.2) is 32.2 Å². The van der Waals surface area contributed by atoms with Crippen LogP contribution in [0.3, 0.4) is 0 Å². The number of amides is 1. The summed E-state index contributed by atoms with van der Waals surface area (Å²) in [7, 11) is 0. The minimum absolute atomic E-state index is 0.172. The van der Waals surface area contributed by atoms with Crippen LogP contribution in [-0.2, 0) is 4.79 Å². The first-order chi connectivity index (χ1) is 10.1. The van der Waals surface area contributed by atoms with E-state index in [4.69, 9.17) is 5.73 Å². The molecule has 7 heteroatoms. The zero-order valence-corrected chi connectivity index (χ0v) is 12.3. The molecule has 7 nitrogen and oxygen atoms in total. The molecule has 0 unspecified atom stereocenters. The Morgan fingerprint density at radius 1 is 1.48 bits per heavy atom. The Kier molecular flexibility index (Phi) is 4.99. The first-order valence-corrected chi connectivity index (χ1v) is 7.03. The molecule has 0 fully saturated rings. The highest BCUT2D eigenvalue weighted by atomic mass is 16.2. The lowest BCUT2D eigenvalue weighted by Crippen LogP contribution is -2.35. The second-order valence-electron chi connectivity index (χ2n) is 4.93. The van der Waals surface area contributed by atoms with Crippen LogP contribution in [0.25, 0.3) is 5.69 Å². The number of aromatic nitrogens is 4. The molecule has 3 N–H and O–H groups in total. The van der Waals surface area contributed by atoms with E-state index in [0.717, 1.165) is 18.5 Å². The largest absolute Gasteiger partial charge is 0.325 e. The molecule has 1 aromatic carbocycles. The van der Waals surface area contributed by atoms with Crippen molar-refractivity contribution < 1.29 is 4.79 Å². The number of anilines is 1. The quantitative estimate of drug-likeness (QED) is 0.837. The Labute approximate surface area is 123 Å². The number of hydrogen-bond donors (Lipinski definition) is 2. The molecule has 0 aliphatic heterocycles. The molecule has 0 spiro atoms. The highest BCUT2D eigenvalue weighted by molar-refractivity contribution is 5.94. The summed E-state index contributed by atoms with van der Waals surface area (Å²) in [6.07, 6.45) is 2.65. The topological polar surface area (TPSA) is 98.7 Å². The summed E-state index contributed by atoms with van der Waals surface area (Å²) in [5.74, 6) is 0.507. The van der Waals surface area contributed by atoms with Gasteiger partial charge in [-0.05, 0) is 42.0 Å². The van der Waals surface area contributed by atoms with Crippen molar-refractivity contribution in [2.24, 2.45) is 5.73 Å². The number of unbranched alkanes of at least 4 members (excludes halogenated alkanes) is 1. The van der Waals surface area contributed by atoms with E-state index in [1.165, 1.54) is 0 Å². The van der Waals surface area contributed by atoms with Gasteiger partial charge in [0.25, 0.3) is 0 Å². The van der Waals surface area contributed by atoms with E-state index in [-0.39, 0.29) is 5.91 Å². The first-order valence-electron chi connectivity index (χ1n) is 7.03. The van der Waals surface area contributed by atoms with E-state index in [9.17, 15) is 4.79 Å². The zero-order valence-electron chi connectivity index (χ0n) is 12.3. The van der Waals surface area contributed by atoms with Gasteiger partial charge < -0.3 is 11.1 Å². The molecule has 0 aliphatic carbocycles. The third-order valence-corrected chi connectivity index (χ3v) is 3.19. The number of carbonyl (C=O) groups excluding carboxylic acids is 1. The van der Waals surface area contributed by atoms with E-state index in [2.05, 4.69) is 27.8 Å². The lowest BCUT2D eigenvalue weighted by atomic mass is 10.1. The fraction of sp³-hybridized carbons (Fsp3) is 0.429. The van der Waals surface area contributed by atoms with Gasteiger partial charge in [0.05, 0.1) is 11.7 Å². The maximum atomic E-state index is 12.0. The number of hydrogen-bond acceptors (Lipinski definition) is 5. The second kappa shape index (κ2) is 6.94. The van der Waals surface area contributed by atoms with Crippen molar-refractivity contribution in [2.75, 3.05) is 5.32 Å². The number of tetrazole rings is 1. The summed E-state index contributed by atoms with van der Waals surface area (Å²) in [4.78, 5) is 12.0. The van der Waals surface area contributed by atoms with Crippen LogP contribution in [0.1, 0.15) is 32.0 Å². The van der Waals surface area contributed by atoms with E-state index >= 15 is 0 Å². The molecule has 1 atom stereocenters. The molecular weight excluding hydrogens is 268 g/mol. The second-order valence-corrected chi connectivity index (χ2v) is 4.93. The predicted molar refractivity (Wildman–Crippen MR) is 80.0 cm³/mol. The van der Waals surface area contributed by atoms with Gasteiger partial charge in [0.15, 0.2) is 5.82 Å². The third kappa shape index (κ3) is 3.85. The molecule has 0 bridgehead atoms. The Balaban J connectivity index is 2.08. The fourth-order valence-electron chi connectivity index (χ4n) is 1.98. The van der Waals surface area contributed by atoms with Gasteiger partial charge >= 0.3 is 0 Å². The van der Waals surface area contributed by atoms with Crippen molar-refractivity contribution in [2.45, 2.75) is 39.2 Å². The van der Waals surface area contributed by atoms with Crippen molar-refractivity contribution in [1.82, 2.24) is 20.2 Å². The monoisotopic (exact) mass is 288 g/mol. The van der Waals surface area contributed by atoms with Gasteiger partial charge in [0.1, 0.15) is 0 Å². The van der Waals surface area contributed by atoms with Crippen molar-refractivity contribution in [1.29, 1.82) is 0 Å². The number of benzene rings is 1. The van der Waals surface area contributed by atoms with Crippen molar-refractivity contribution in [3.05, 3.63) is 30.1 Å². The molecule has 2 rings (SSSR count). The number of carbonyl (C=O) groups is 1. The summed E-state index contributed by atoms with van der Waals surface area (Å²) < 4.78 is 1.60. The van der Waals surface area contributed by atoms with Crippen LogP contribution in [0.2, 0.25) is 0 Å². The highest BCUT2D eigenvalue weighted by Crippen LogP contribution is 2.15. The normalized spacial score (nSPS) is 12.1. The number of rotatable bonds is 6. The Morgan fingerprint density at radius 3 is 2.95 bits per heavy atom. The molecule has 0 aliphatic rings. The summed E-state index contributed by atoms with van der Waals surface area (Å²) >= 11 is 0. The average molecular weight is 288 g/mol. The van der Waals surface area contributed by atoms with Gasteiger partial charge in [-0.1, -0.05) is 25.8 Å². The molecule has 1 aromatic heterocycles. The SMILES string of the molecule is CCCC[C@H](N)C(=O)Nc1cccc(-n2nnnc2C)c1. The van der Waals surface area contributed by atoms with E-state index < -0.39 is 6.04 Å². The average Bonchev–Trinajstić information content (AvgIpc) is 2.91. The highest BCUT2D eigenvalue weighted by Gasteiger charge is 2.13. The summed E-state index contributed by atoms with van der Waals surface area (Å²) in [6, 6.07) is 6.85. The van der Waals surface area contributed by atoms with Gasteiger partial charge in [-0.25, -0.2) is 0 Å². The molecule has 2 aromatic rings. The standard InChI is InChI=1S/C14H20N6O/c1-3-4-8-13(15)14(21)16-11-6-5-7-12(9-11)20-10(2)17-18-19-20/h5-7,9,13H,3-4,8,15H2,1-2H3,(H,16,21)/t13-/m0/s1. The van der Waals surface area contributed by atoms with E-state index in [0.29, 0.717) is 17.9 Å². The van der Waals surface area contributed by atoms with Crippen LogP contribution in [0, 0.1) is 6.92 Å². The predicted octanol–water partition coefficient (Wildman–Crippen LogP) is 1.43. The Hall–Kier alpha value is -2.28. The molecule has 1 heterocycles. The first kappa shape index (κ1) is 15.1. The van der Waals surface area contributed by atoms with Crippen LogP contribution in [0.4, 0.5) is 5.69 Å². The van der Waals surface area contributed by atoms with Gasteiger partial charge in [-0.3, -0.25) is 4.79 Å². The molecule has 1 amide bonds. The van der Waals surface area contributed by atoms with E-state index in [1.807, 2.05) is 31.2 Å². The van der Waals surface area contributed by atoms with Gasteiger partial charge in [-0.15, -0.1) is 5.10 Å². The lowest BCUT2D eigenvalue weighted by molar-refractivity contribution is -0.117. The molecule has 0 saturated heterocycles. The van der Waals surface area contributed by atoms with Crippen molar-refractivity contribution >= 4 is 11.6 Å². The maximum Gasteiger partial charge on any atom is 0.241 e. The van der Waals surface area contributed by atoms with Gasteiger partial charge in [0.2, 0.25) is 5.91 Å². The smallest absolute Gasteiger partial charge is 0.241 e. The van der Waals surface area contributed by atoms with Crippen molar-refractivity contribution in [3.8, 4) is 5.69 Å². The maximum absolute atomic E-state index is 12.0. The molecular formula is C14H20N6O. The van der Waals surface area contributed by atoms with Crippen LogP contribution < -0.4 is 11.1 Å². The van der Waals surface area contributed by atoms with Crippen LogP contribution in [0.5, 0.6) is 0 Å². The fourth-order valence-corrected chi connectivity index (χ4v) is 1.98. The molecule has 112 valence electrons. The number of aryl methyl sites for hydroxylation is 1. The zero-order chi connectivity index (χ0) is 15.2. The Bertz CT molecular complexity index is 609. The van der Waals surface area contributed by atoms with Crippen LogP contribution in [0.15, 0.2) is 24.3 Å². The van der Waals surface area contributed by atoms with Crippen LogP contribution >= 0.6 is 0 Å².